The Balaban J connectivity index is 1.61. The summed E-state index contributed by atoms with van der Waals surface area (Å²) >= 11 is 1.57. The summed E-state index contributed by atoms with van der Waals surface area (Å²) in [5.41, 5.74) is 2.65. The van der Waals surface area contributed by atoms with Crippen LogP contribution in [0.2, 0.25) is 0 Å². The van der Waals surface area contributed by atoms with E-state index in [1.165, 1.54) is 17.7 Å². The van der Waals surface area contributed by atoms with Crippen molar-refractivity contribution in [2.75, 3.05) is 17.6 Å². The van der Waals surface area contributed by atoms with Crippen molar-refractivity contribution < 1.29 is 14.0 Å². The van der Waals surface area contributed by atoms with Gasteiger partial charge in [0, 0.05) is 18.7 Å². The van der Waals surface area contributed by atoms with Gasteiger partial charge in [-0.25, -0.2) is 4.39 Å². The number of benzene rings is 2. The fraction of sp³-hybridized carbons (Fsp3) is 0.263. The van der Waals surface area contributed by atoms with Crippen LogP contribution >= 0.6 is 11.8 Å². The number of carbonyl (C=O) groups excluding carboxylic acids is 2. The number of amides is 2. The molecule has 0 aliphatic carbocycles. The highest BCUT2D eigenvalue weighted by Crippen LogP contribution is 2.38. The van der Waals surface area contributed by atoms with Gasteiger partial charge in [-0.2, -0.15) is 0 Å². The van der Waals surface area contributed by atoms with Gasteiger partial charge in [0.1, 0.15) is 11.2 Å². The summed E-state index contributed by atoms with van der Waals surface area (Å²) in [6.07, 6.45) is 0.172. The first-order valence-electron chi connectivity index (χ1n) is 8.06. The highest BCUT2D eigenvalue weighted by atomic mass is 32.2. The average molecular weight is 358 g/mol. The van der Waals surface area contributed by atoms with Crippen LogP contribution < -0.4 is 5.32 Å². The third-order valence-electron chi connectivity index (χ3n) is 4.02. The first-order valence-corrected chi connectivity index (χ1v) is 9.11. The minimum Gasteiger partial charge on any atom is -0.326 e. The normalized spacial score (nSPS) is 17.0. The van der Waals surface area contributed by atoms with E-state index in [-0.39, 0.29) is 23.6 Å². The van der Waals surface area contributed by atoms with E-state index in [4.69, 9.17) is 0 Å². The molecule has 4 nitrogen and oxygen atoms in total. The lowest BCUT2D eigenvalue weighted by Crippen LogP contribution is -2.31. The average Bonchev–Trinajstić information content (AvgIpc) is 2.94. The monoisotopic (exact) mass is 358 g/mol. The van der Waals surface area contributed by atoms with Crippen LogP contribution in [-0.4, -0.2) is 29.0 Å². The molecule has 3 rings (SSSR count). The second kappa shape index (κ2) is 7.70. The van der Waals surface area contributed by atoms with Crippen molar-refractivity contribution in [3.63, 3.8) is 0 Å². The maximum Gasteiger partial charge on any atom is 0.233 e. The summed E-state index contributed by atoms with van der Waals surface area (Å²) in [4.78, 5) is 26.0. The predicted octanol–water partition coefficient (Wildman–Crippen LogP) is 3.74. The van der Waals surface area contributed by atoms with Crippen molar-refractivity contribution >= 4 is 29.3 Å². The lowest BCUT2D eigenvalue weighted by molar-refractivity contribution is -0.128. The minimum atomic E-state index is -0.400. The quantitative estimate of drug-likeness (QED) is 0.886. The molecule has 1 atom stereocenters. The largest absolute Gasteiger partial charge is 0.326 e. The van der Waals surface area contributed by atoms with Gasteiger partial charge in [0.25, 0.3) is 0 Å². The van der Waals surface area contributed by atoms with Crippen LogP contribution in [0, 0.1) is 12.7 Å². The Hall–Kier alpha value is -2.34. The van der Waals surface area contributed by atoms with Crippen LogP contribution in [-0.2, 0) is 9.59 Å². The number of anilines is 1. The molecule has 0 saturated carbocycles. The number of hydrogen-bond donors (Lipinski definition) is 1. The number of nitrogens with one attached hydrogen (secondary N) is 1. The fourth-order valence-corrected chi connectivity index (χ4v) is 3.93. The van der Waals surface area contributed by atoms with Crippen molar-refractivity contribution in [2.45, 2.75) is 18.7 Å². The minimum absolute atomic E-state index is 0.0362. The molecule has 2 aromatic carbocycles. The van der Waals surface area contributed by atoms with Crippen LogP contribution in [0.4, 0.5) is 10.1 Å². The van der Waals surface area contributed by atoms with E-state index in [9.17, 15) is 14.0 Å². The number of hydrogen-bond acceptors (Lipinski definition) is 3. The highest BCUT2D eigenvalue weighted by Gasteiger charge is 2.32. The standard InChI is InChI=1S/C19H19FN2O2S/c1-13-5-7-14(8-6-13)19-22(18(24)12-25-19)10-9-17(23)21-16-4-2-3-15(20)11-16/h2-8,11,19H,9-10,12H2,1H3,(H,21,23)/t19-/m1/s1. The van der Waals surface area contributed by atoms with Gasteiger partial charge >= 0.3 is 0 Å². The molecule has 25 heavy (non-hydrogen) atoms. The number of halogens is 1. The molecule has 130 valence electrons. The molecule has 1 fully saturated rings. The Morgan fingerprint density at radius 2 is 2.04 bits per heavy atom. The number of nitrogens with zero attached hydrogens (tertiary/aromatic N) is 1. The summed E-state index contributed by atoms with van der Waals surface area (Å²) in [6, 6.07) is 13.8. The van der Waals surface area contributed by atoms with Crippen LogP contribution in [0.3, 0.4) is 0 Å². The molecule has 0 radical (unpaired) electrons. The summed E-state index contributed by atoms with van der Waals surface area (Å²) in [6.45, 7) is 2.36. The van der Waals surface area contributed by atoms with E-state index in [0.29, 0.717) is 18.0 Å². The Kier molecular flexibility index (Phi) is 5.38. The number of carbonyl (C=O) groups is 2. The molecule has 0 aromatic heterocycles. The van der Waals surface area contributed by atoms with Crippen molar-refractivity contribution in [1.82, 2.24) is 4.90 Å². The molecule has 1 saturated heterocycles. The molecule has 2 amide bonds. The van der Waals surface area contributed by atoms with Crippen LogP contribution in [0.15, 0.2) is 48.5 Å². The van der Waals surface area contributed by atoms with Gasteiger partial charge in [-0.15, -0.1) is 11.8 Å². The SMILES string of the molecule is Cc1ccc([C@H]2SCC(=O)N2CCC(=O)Nc2cccc(F)c2)cc1. The lowest BCUT2D eigenvalue weighted by atomic mass is 10.1. The first kappa shape index (κ1) is 17.5. The number of aryl methyl sites for hydroxylation is 1. The van der Waals surface area contributed by atoms with E-state index >= 15 is 0 Å². The van der Waals surface area contributed by atoms with E-state index < -0.39 is 5.82 Å². The van der Waals surface area contributed by atoms with Crippen molar-refractivity contribution in [1.29, 1.82) is 0 Å². The molecule has 1 N–H and O–H groups in total. The Morgan fingerprint density at radius 1 is 1.28 bits per heavy atom. The topological polar surface area (TPSA) is 49.4 Å². The summed E-state index contributed by atoms with van der Waals surface area (Å²) in [5.74, 6) is -0.181. The van der Waals surface area contributed by atoms with Crippen molar-refractivity contribution in [3.8, 4) is 0 Å². The highest BCUT2D eigenvalue weighted by molar-refractivity contribution is 8.00. The Morgan fingerprint density at radius 3 is 2.76 bits per heavy atom. The number of rotatable bonds is 5. The summed E-state index contributed by atoms with van der Waals surface area (Å²) in [5, 5.41) is 2.60. The molecule has 0 bridgehead atoms. The molecule has 1 aliphatic heterocycles. The fourth-order valence-electron chi connectivity index (χ4n) is 2.71. The van der Waals surface area contributed by atoms with Gasteiger partial charge in [-0.1, -0.05) is 35.9 Å². The maximum atomic E-state index is 13.2. The molecule has 0 spiro atoms. The zero-order valence-electron chi connectivity index (χ0n) is 13.9. The molecule has 6 heteroatoms. The third kappa shape index (κ3) is 4.39. The van der Waals surface area contributed by atoms with Gasteiger partial charge in [-0.05, 0) is 30.7 Å². The molecule has 2 aromatic rings. The lowest BCUT2D eigenvalue weighted by Gasteiger charge is -2.24. The Labute approximate surface area is 150 Å². The predicted molar refractivity (Wildman–Crippen MR) is 97.7 cm³/mol. The summed E-state index contributed by atoms with van der Waals surface area (Å²) in [7, 11) is 0. The van der Waals surface area contributed by atoms with E-state index in [2.05, 4.69) is 5.32 Å². The third-order valence-corrected chi connectivity index (χ3v) is 5.27. The van der Waals surface area contributed by atoms with Crippen molar-refractivity contribution in [2.24, 2.45) is 0 Å². The second-order valence-corrected chi connectivity index (χ2v) is 7.04. The van der Waals surface area contributed by atoms with E-state index in [0.717, 1.165) is 5.56 Å². The molecule has 0 unspecified atom stereocenters. The van der Waals surface area contributed by atoms with Crippen LogP contribution in [0.25, 0.3) is 0 Å². The van der Waals surface area contributed by atoms with Gasteiger partial charge in [0.2, 0.25) is 11.8 Å². The smallest absolute Gasteiger partial charge is 0.233 e. The van der Waals surface area contributed by atoms with Crippen LogP contribution in [0.5, 0.6) is 0 Å². The zero-order chi connectivity index (χ0) is 17.8. The van der Waals surface area contributed by atoms with E-state index in [1.54, 1.807) is 28.8 Å². The second-order valence-electron chi connectivity index (χ2n) is 5.97. The zero-order valence-corrected chi connectivity index (χ0v) is 14.7. The van der Waals surface area contributed by atoms with Gasteiger partial charge in [0.15, 0.2) is 0 Å². The van der Waals surface area contributed by atoms with Crippen LogP contribution in [0.1, 0.15) is 22.9 Å². The maximum absolute atomic E-state index is 13.2. The van der Waals surface area contributed by atoms with E-state index in [1.807, 2.05) is 31.2 Å². The molecule has 1 aliphatic rings. The summed E-state index contributed by atoms with van der Waals surface area (Å²) < 4.78 is 13.2. The molecular weight excluding hydrogens is 339 g/mol. The molecule has 1 heterocycles. The van der Waals surface area contributed by atoms with Gasteiger partial charge < -0.3 is 10.2 Å². The van der Waals surface area contributed by atoms with Gasteiger partial charge in [-0.3, -0.25) is 9.59 Å². The first-order chi connectivity index (χ1) is 12.0. The number of thioether (sulfide) groups is 1. The van der Waals surface area contributed by atoms with Gasteiger partial charge in [0.05, 0.1) is 5.75 Å². The van der Waals surface area contributed by atoms with Crippen molar-refractivity contribution in [3.05, 3.63) is 65.5 Å². The Bertz CT molecular complexity index is 779. The molecular formula is C19H19FN2O2S.